The van der Waals surface area contributed by atoms with Gasteiger partial charge in [0.25, 0.3) is 0 Å². The van der Waals surface area contributed by atoms with E-state index in [1.54, 1.807) is 6.21 Å². The van der Waals surface area contributed by atoms with Crippen molar-refractivity contribution < 1.29 is 4.79 Å². The number of amides is 1. The van der Waals surface area contributed by atoms with Gasteiger partial charge < -0.3 is 4.90 Å². The molecule has 0 bridgehead atoms. The topological polar surface area (TPSA) is 44.7 Å². The second-order valence-electron chi connectivity index (χ2n) is 5.36. The first-order chi connectivity index (χ1) is 11.6. The summed E-state index contributed by atoms with van der Waals surface area (Å²) in [7, 11) is 3.98. The Bertz CT molecular complexity index is 702. The van der Waals surface area contributed by atoms with E-state index in [-0.39, 0.29) is 5.91 Å². The summed E-state index contributed by atoms with van der Waals surface area (Å²) in [6.07, 6.45) is 1.63. The number of halogens is 1. The van der Waals surface area contributed by atoms with Gasteiger partial charge in [-0.3, -0.25) is 4.79 Å². The Morgan fingerprint density at radius 3 is 2.58 bits per heavy atom. The van der Waals surface area contributed by atoms with Gasteiger partial charge in [0.15, 0.2) is 0 Å². The summed E-state index contributed by atoms with van der Waals surface area (Å²) in [5, 5.41) is 4.71. The van der Waals surface area contributed by atoms with Crippen molar-refractivity contribution in [1.29, 1.82) is 0 Å². The van der Waals surface area contributed by atoms with Crippen molar-refractivity contribution in [2.75, 3.05) is 24.7 Å². The van der Waals surface area contributed by atoms with E-state index in [0.29, 0.717) is 11.5 Å². The van der Waals surface area contributed by atoms with E-state index in [9.17, 15) is 4.79 Å². The number of thioether (sulfide) groups is 1. The Morgan fingerprint density at radius 1 is 1.21 bits per heavy atom. The lowest BCUT2D eigenvalue weighted by atomic mass is 10.2. The molecule has 0 radical (unpaired) electrons. The fourth-order valence-corrected chi connectivity index (χ4v) is 3.04. The molecule has 0 saturated carbocycles. The Labute approximate surface area is 151 Å². The van der Waals surface area contributed by atoms with Gasteiger partial charge in [0.2, 0.25) is 5.91 Å². The summed E-state index contributed by atoms with van der Waals surface area (Å²) in [6, 6.07) is 15.6. The SMILES string of the molecule is CN(C)c1ccc(/C=N\NC(=O)CSCc2ccccc2Cl)cc1. The van der Waals surface area contributed by atoms with Crippen LogP contribution in [0.25, 0.3) is 0 Å². The number of benzene rings is 2. The third kappa shape index (κ3) is 5.91. The van der Waals surface area contributed by atoms with Crippen molar-refractivity contribution in [3.8, 4) is 0 Å². The molecule has 0 atom stereocenters. The van der Waals surface area contributed by atoms with Crippen LogP contribution in [0.15, 0.2) is 53.6 Å². The first-order valence-corrected chi connectivity index (χ1v) is 9.00. The van der Waals surface area contributed by atoms with Crippen LogP contribution < -0.4 is 10.3 Å². The molecule has 0 fully saturated rings. The Morgan fingerprint density at radius 2 is 1.92 bits per heavy atom. The molecule has 2 rings (SSSR count). The number of hydrazone groups is 1. The number of nitrogens with one attached hydrogen (secondary N) is 1. The minimum absolute atomic E-state index is 0.131. The summed E-state index contributed by atoms with van der Waals surface area (Å²) in [5.41, 5.74) is 5.62. The predicted molar refractivity (Wildman–Crippen MR) is 104 cm³/mol. The molecule has 0 aliphatic heterocycles. The number of carbonyl (C=O) groups excluding carboxylic acids is 1. The van der Waals surface area contributed by atoms with Crippen molar-refractivity contribution >= 4 is 41.2 Å². The summed E-state index contributed by atoms with van der Waals surface area (Å²) in [6.45, 7) is 0. The average Bonchev–Trinajstić information content (AvgIpc) is 2.57. The molecule has 2 aromatic carbocycles. The Balaban J connectivity index is 1.73. The molecule has 2 aromatic rings. The van der Waals surface area contributed by atoms with Crippen LogP contribution in [0.2, 0.25) is 5.02 Å². The normalized spacial score (nSPS) is 10.8. The lowest BCUT2D eigenvalue weighted by Gasteiger charge is -2.11. The maximum atomic E-state index is 11.8. The molecule has 0 saturated heterocycles. The molecular weight excluding hydrogens is 342 g/mol. The first kappa shape index (κ1) is 18.4. The second kappa shape index (κ2) is 9.35. The number of anilines is 1. The maximum absolute atomic E-state index is 11.8. The predicted octanol–water partition coefficient (Wildman–Crippen LogP) is 3.79. The maximum Gasteiger partial charge on any atom is 0.250 e. The highest BCUT2D eigenvalue weighted by molar-refractivity contribution is 7.99. The molecule has 24 heavy (non-hydrogen) atoms. The highest BCUT2D eigenvalue weighted by Crippen LogP contribution is 2.20. The van der Waals surface area contributed by atoms with Crippen LogP contribution >= 0.6 is 23.4 Å². The fourth-order valence-electron chi connectivity index (χ4n) is 1.94. The zero-order valence-electron chi connectivity index (χ0n) is 13.7. The van der Waals surface area contributed by atoms with Gasteiger partial charge in [-0.1, -0.05) is 41.9 Å². The molecule has 1 amide bonds. The van der Waals surface area contributed by atoms with Crippen LogP contribution in [0.5, 0.6) is 0 Å². The number of carbonyl (C=O) groups is 1. The van der Waals surface area contributed by atoms with E-state index in [0.717, 1.165) is 21.8 Å². The number of hydrogen-bond acceptors (Lipinski definition) is 4. The van der Waals surface area contributed by atoms with Gasteiger partial charge in [-0.2, -0.15) is 5.10 Å². The summed E-state index contributed by atoms with van der Waals surface area (Å²) >= 11 is 7.59. The summed E-state index contributed by atoms with van der Waals surface area (Å²) in [4.78, 5) is 13.8. The van der Waals surface area contributed by atoms with Crippen LogP contribution in [-0.2, 0) is 10.5 Å². The van der Waals surface area contributed by atoms with Crippen molar-refractivity contribution in [3.63, 3.8) is 0 Å². The van der Waals surface area contributed by atoms with Gasteiger partial charge >= 0.3 is 0 Å². The number of hydrogen-bond donors (Lipinski definition) is 1. The monoisotopic (exact) mass is 361 g/mol. The lowest BCUT2D eigenvalue weighted by Crippen LogP contribution is -2.19. The molecule has 0 aromatic heterocycles. The van der Waals surface area contributed by atoms with Gasteiger partial charge in [0.1, 0.15) is 0 Å². The van der Waals surface area contributed by atoms with Crippen molar-refractivity contribution in [2.45, 2.75) is 5.75 Å². The Kier molecular flexibility index (Phi) is 7.15. The molecule has 4 nitrogen and oxygen atoms in total. The van der Waals surface area contributed by atoms with Crippen LogP contribution in [-0.4, -0.2) is 32.0 Å². The van der Waals surface area contributed by atoms with Crippen LogP contribution in [0.1, 0.15) is 11.1 Å². The molecule has 6 heteroatoms. The van der Waals surface area contributed by atoms with Gasteiger partial charge in [0.05, 0.1) is 12.0 Å². The minimum Gasteiger partial charge on any atom is -0.378 e. The minimum atomic E-state index is -0.131. The van der Waals surface area contributed by atoms with Gasteiger partial charge in [-0.05, 0) is 29.3 Å². The highest BCUT2D eigenvalue weighted by atomic mass is 35.5. The molecule has 126 valence electrons. The largest absolute Gasteiger partial charge is 0.378 e. The highest BCUT2D eigenvalue weighted by Gasteiger charge is 2.03. The third-order valence-electron chi connectivity index (χ3n) is 3.26. The van der Waals surface area contributed by atoms with E-state index >= 15 is 0 Å². The van der Waals surface area contributed by atoms with E-state index in [2.05, 4.69) is 10.5 Å². The quantitative estimate of drug-likeness (QED) is 0.602. The van der Waals surface area contributed by atoms with Gasteiger partial charge in [-0.15, -0.1) is 11.8 Å². The van der Waals surface area contributed by atoms with Gasteiger partial charge in [-0.25, -0.2) is 5.43 Å². The fraction of sp³-hybridized carbons (Fsp3) is 0.222. The smallest absolute Gasteiger partial charge is 0.250 e. The molecule has 0 unspecified atom stereocenters. The zero-order chi connectivity index (χ0) is 17.4. The standard InChI is InChI=1S/C18H20ClN3OS/c1-22(2)16-9-7-14(8-10-16)11-20-21-18(23)13-24-12-15-5-3-4-6-17(15)19/h3-11H,12-13H2,1-2H3,(H,21,23)/b20-11-. The van der Waals surface area contributed by atoms with Crippen molar-refractivity contribution in [1.82, 2.24) is 5.43 Å². The number of rotatable bonds is 7. The van der Waals surface area contributed by atoms with Crippen molar-refractivity contribution in [3.05, 3.63) is 64.7 Å². The summed E-state index contributed by atoms with van der Waals surface area (Å²) in [5.74, 6) is 0.901. The molecule has 1 N–H and O–H groups in total. The molecule has 0 aliphatic rings. The average molecular weight is 362 g/mol. The summed E-state index contributed by atoms with van der Waals surface area (Å²) < 4.78 is 0. The van der Waals surface area contributed by atoms with Crippen molar-refractivity contribution in [2.24, 2.45) is 5.10 Å². The second-order valence-corrected chi connectivity index (χ2v) is 6.76. The van der Waals surface area contributed by atoms with Gasteiger partial charge in [0, 0.05) is 30.6 Å². The molecule has 0 aliphatic carbocycles. The Hall–Kier alpha value is -1.98. The molecule has 0 spiro atoms. The number of nitrogens with zero attached hydrogens (tertiary/aromatic N) is 2. The van der Waals surface area contributed by atoms with Crippen LogP contribution in [0, 0.1) is 0 Å². The van der Waals surface area contributed by atoms with Crippen LogP contribution in [0.4, 0.5) is 5.69 Å². The van der Waals surface area contributed by atoms with E-state index in [1.165, 1.54) is 11.8 Å². The first-order valence-electron chi connectivity index (χ1n) is 7.46. The molecular formula is C18H20ClN3OS. The molecule has 0 heterocycles. The van der Waals surface area contributed by atoms with E-state index < -0.39 is 0 Å². The lowest BCUT2D eigenvalue weighted by molar-refractivity contribution is -0.118. The van der Waals surface area contributed by atoms with E-state index in [4.69, 9.17) is 11.6 Å². The van der Waals surface area contributed by atoms with Crippen LogP contribution in [0.3, 0.4) is 0 Å². The zero-order valence-corrected chi connectivity index (χ0v) is 15.3. The van der Waals surface area contributed by atoms with E-state index in [1.807, 2.05) is 67.5 Å². The third-order valence-corrected chi connectivity index (χ3v) is 4.61.